The molecule has 0 aliphatic carbocycles. The van der Waals surface area contributed by atoms with E-state index in [1.54, 1.807) is 6.07 Å². The Morgan fingerprint density at radius 2 is 2.21 bits per heavy atom. The van der Waals surface area contributed by atoms with Crippen molar-refractivity contribution in [2.75, 3.05) is 20.6 Å². The van der Waals surface area contributed by atoms with Crippen molar-refractivity contribution >= 4 is 27.5 Å². The molecule has 5 nitrogen and oxygen atoms in total. The van der Waals surface area contributed by atoms with Crippen LogP contribution in [-0.2, 0) is 0 Å². The number of hydrogen-bond donors (Lipinski definition) is 1. The van der Waals surface area contributed by atoms with Gasteiger partial charge in [0.15, 0.2) is 5.82 Å². The van der Waals surface area contributed by atoms with Crippen LogP contribution in [0.4, 0.5) is 0 Å². The monoisotopic (exact) mass is 344 g/mol. The summed E-state index contributed by atoms with van der Waals surface area (Å²) < 4.78 is 6.04. The molecule has 2 rings (SSSR count). The van der Waals surface area contributed by atoms with Gasteiger partial charge in [0.25, 0.3) is 5.89 Å². The normalized spacial score (nSPS) is 12.9. The number of halogens is 2. The van der Waals surface area contributed by atoms with Crippen molar-refractivity contribution in [2.24, 2.45) is 5.73 Å². The highest BCUT2D eigenvalue weighted by Crippen LogP contribution is 2.28. The maximum absolute atomic E-state index is 6.03. The van der Waals surface area contributed by atoms with Gasteiger partial charge in [-0.05, 0) is 48.2 Å². The van der Waals surface area contributed by atoms with Crippen molar-refractivity contribution in [3.63, 3.8) is 0 Å². The second-order valence-electron chi connectivity index (χ2n) is 4.46. The molecule has 0 saturated carbocycles. The van der Waals surface area contributed by atoms with E-state index in [2.05, 4.69) is 26.1 Å². The molecule has 0 spiro atoms. The fraction of sp³-hybridized carbons (Fsp3) is 0.333. The van der Waals surface area contributed by atoms with Crippen LogP contribution >= 0.6 is 27.5 Å². The maximum atomic E-state index is 6.03. The second kappa shape index (κ2) is 6.00. The number of nitrogens with two attached hydrogens (primary N) is 1. The van der Waals surface area contributed by atoms with Gasteiger partial charge in [0, 0.05) is 16.6 Å². The molecule has 0 aliphatic rings. The predicted octanol–water partition coefficient (Wildman–Crippen LogP) is 2.71. The van der Waals surface area contributed by atoms with Crippen LogP contribution in [0.1, 0.15) is 11.9 Å². The van der Waals surface area contributed by atoms with Gasteiger partial charge >= 0.3 is 0 Å². The summed E-state index contributed by atoms with van der Waals surface area (Å²) in [6.07, 6.45) is 0. The van der Waals surface area contributed by atoms with Gasteiger partial charge in [0.2, 0.25) is 0 Å². The molecule has 7 heteroatoms. The largest absolute Gasteiger partial charge is 0.334 e. The molecule has 0 amide bonds. The van der Waals surface area contributed by atoms with E-state index in [0.29, 0.717) is 23.3 Å². The first-order valence-corrected chi connectivity index (χ1v) is 6.84. The molecule has 0 saturated heterocycles. The standard InChI is InChI=1S/C12H14BrClN4O/c1-18(2)6-10(15)11-16-12(19-17-11)7-3-4-8(13)9(14)5-7/h3-5,10H,6,15H2,1-2H3. The van der Waals surface area contributed by atoms with Crippen LogP contribution in [-0.4, -0.2) is 35.7 Å². The maximum Gasteiger partial charge on any atom is 0.258 e. The van der Waals surface area contributed by atoms with E-state index in [4.69, 9.17) is 21.9 Å². The first-order valence-electron chi connectivity index (χ1n) is 5.66. The Bertz CT molecular complexity index is 573. The van der Waals surface area contributed by atoms with Crippen LogP contribution in [0.25, 0.3) is 11.5 Å². The molecule has 0 radical (unpaired) electrons. The molecule has 0 bridgehead atoms. The topological polar surface area (TPSA) is 68.2 Å². The summed E-state index contributed by atoms with van der Waals surface area (Å²) in [6.45, 7) is 0.653. The molecule has 1 atom stereocenters. The third kappa shape index (κ3) is 3.54. The molecule has 0 fully saturated rings. The first kappa shape index (κ1) is 14.5. The van der Waals surface area contributed by atoms with Gasteiger partial charge < -0.3 is 15.2 Å². The van der Waals surface area contributed by atoms with Crippen molar-refractivity contribution < 1.29 is 4.52 Å². The lowest BCUT2D eigenvalue weighted by Crippen LogP contribution is -2.26. The SMILES string of the molecule is CN(C)CC(N)c1noc(-c2ccc(Br)c(Cl)c2)n1. The lowest BCUT2D eigenvalue weighted by atomic mass is 10.2. The smallest absolute Gasteiger partial charge is 0.258 e. The molecule has 1 aromatic heterocycles. The van der Waals surface area contributed by atoms with E-state index in [-0.39, 0.29) is 6.04 Å². The molecule has 1 unspecified atom stereocenters. The Balaban J connectivity index is 2.22. The quantitative estimate of drug-likeness (QED) is 0.923. The minimum atomic E-state index is -0.279. The third-order valence-corrected chi connectivity index (χ3v) is 3.73. The molecule has 102 valence electrons. The minimum Gasteiger partial charge on any atom is -0.334 e. The van der Waals surface area contributed by atoms with Gasteiger partial charge in [-0.15, -0.1) is 0 Å². The molecule has 1 heterocycles. The zero-order valence-electron chi connectivity index (χ0n) is 10.6. The van der Waals surface area contributed by atoms with Crippen molar-refractivity contribution in [2.45, 2.75) is 6.04 Å². The van der Waals surface area contributed by atoms with E-state index in [1.807, 2.05) is 31.1 Å². The Morgan fingerprint density at radius 1 is 1.47 bits per heavy atom. The highest BCUT2D eigenvalue weighted by Gasteiger charge is 2.16. The molecule has 0 aliphatic heterocycles. The zero-order valence-corrected chi connectivity index (χ0v) is 12.9. The lowest BCUT2D eigenvalue weighted by Gasteiger charge is -2.12. The summed E-state index contributed by atoms with van der Waals surface area (Å²) in [5.41, 5.74) is 6.75. The van der Waals surface area contributed by atoms with Crippen LogP contribution in [0.5, 0.6) is 0 Å². The minimum absolute atomic E-state index is 0.279. The summed E-state index contributed by atoms with van der Waals surface area (Å²) in [7, 11) is 3.88. The summed E-state index contributed by atoms with van der Waals surface area (Å²) in [5.74, 6) is 0.904. The number of benzene rings is 1. The van der Waals surface area contributed by atoms with Gasteiger partial charge in [-0.1, -0.05) is 16.8 Å². The van der Waals surface area contributed by atoms with Crippen molar-refractivity contribution in [3.05, 3.63) is 33.5 Å². The van der Waals surface area contributed by atoms with E-state index >= 15 is 0 Å². The summed E-state index contributed by atoms with van der Waals surface area (Å²) in [4.78, 5) is 6.27. The van der Waals surface area contributed by atoms with Crippen molar-refractivity contribution in [1.82, 2.24) is 15.0 Å². The van der Waals surface area contributed by atoms with Gasteiger partial charge in [0.05, 0.1) is 11.1 Å². The molecule has 1 aromatic carbocycles. The zero-order chi connectivity index (χ0) is 14.0. The van der Waals surface area contributed by atoms with Gasteiger partial charge in [-0.2, -0.15) is 4.98 Å². The fourth-order valence-electron chi connectivity index (χ4n) is 1.61. The highest BCUT2D eigenvalue weighted by atomic mass is 79.9. The number of nitrogens with zero attached hydrogens (tertiary/aromatic N) is 3. The lowest BCUT2D eigenvalue weighted by molar-refractivity contribution is 0.357. The number of rotatable bonds is 4. The Morgan fingerprint density at radius 3 is 2.84 bits per heavy atom. The summed E-state index contributed by atoms with van der Waals surface area (Å²) in [5, 5.41) is 4.50. The average molecular weight is 346 g/mol. The van der Waals surface area contributed by atoms with E-state index < -0.39 is 0 Å². The molecule has 19 heavy (non-hydrogen) atoms. The summed E-state index contributed by atoms with van der Waals surface area (Å²) >= 11 is 9.37. The Kier molecular flexibility index (Phi) is 4.57. The van der Waals surface area contributed by atoms with E-state index in [0.717, 1.165) is 10.0 Å². The molecular weight excluding hydrogens is 332 g/mol. The van der Waals surface area contributed by atoms with Crippen molar-refractivity contribution in [3.8, 4) is 11.5 Å². The third-order valence-electron chi connectivity index (χ3n) is 2.50. The Labute approximate surface area is 124 Å². The van der Waals surface area contributed by atoms with Crippen LogP contribution < -0.4 is 5.73 Å². The second-order valence-corrected chi connectivity index (χ2v) is 5.72. The van der Waals surface area contributed by atoms with Crippen LogP contribution in [0, 0.1) is 0 Å². The van der Waals surface area contributed by atoms with Gasteiger partial charge in [-0.3, -0.25) is 0 Å². The molecular formula is C12H14BrClN4O. The van der Waals surface area contributed by atoms with Crippen LogP contribution in [0.2, 0.25) is 5.02 Å². The van der Waals surface area contributed by atoms with E-state index in [1.165, 1.54) is 0 Å². The van der Waals surface area contributed by atoms with Gasteiger partial charge in [0.1, 0.15) is 0 Å². The Hall–Kier alpha value is -0.950. The van der Waals surface area contributed by atoms with Crippen LogP contribution in [0.3, 0.4) is 0 Å². The highest BCUT2D eigenvalue weighted by molar-refractivity contribution is 9.10. The average Bonchev–Trinajstić information content (AvgIpc) is 2.81. The summed E-state index contributed by atoms with van der Waals surface area (Å²) in [6, 6.07) is 5.17. The first-order chi connectivity index (χ1) is 8.97. The van der Waals surface area contributed by atoms with Crippen LogP contribution in [0.15, 0.2) is 27.2 Å². The number of hydrogen-bond acceptors (Lipinski definition) is 5. The molecule has 2 aromatic rings. The van der Waals surface area contributed by atoms with Crippen molar-refractivity contribution in [1.29, 1.82) is 0 Å². The fourth-order valence-corrected chi connectivity index (χ4v) is 2.03. The number of likely N-dealkylation sites (N-methyl/N-ethyl adjacent to an activating group) is 1. The molecule has 2 N–H and O–H groups in total. The predicted molar refractivity (Wildman–Crippen MR) is 77.9 cm³/mol. The van der Waals surface area contributed by atoms with Gasteiger partial charge in [-0.25, -0.2) is 0 Å². The number of aromatic nitrogens is 2. The van der Waals surface area contributed by atoms with E-state index in [9.17, 15) is 0 Å².